The van der Waals surface area contributed by atoms with Gasteiger partial charge in [0.15, 0.2) is 0 Å². The van der Waals surface area contributed by atoms with Gasteiger partial charge in [0.2, 0.25) is 0 Å². The van der Waals surface area contributed by atoms with E-state index in [1.807, 2.05) is 4.90 Å². The zero-order chi connectivity index (χ0) is 23.6. The molecule has 0 spiro atoms. The van der Waals surface area contributed by atoms with E-state index in [0.29, 0.717) is 48.8 Å². The van der Waals surface area contributed by atoms with Crippen molar-refractivity contribution in [2.24, 2.45) is 0 Å². The monoisotopic (exact) mass is 464 g/mol. The summed E-state index contributed by atoms with van der Waals surface area (Å²) >= 11 is 0. The second-order valence-corrected chi connectivity index (χ2v) is 8.56. The van der Waals surface area contributed by atoms with Crippen molar-refractivity contribution in [3.05, 3.63) is 48.3 Å². The van der Waals surface area contributed by atoms with Crippen molar-refractivity contribution in [2.75, 3.05) is 36.5 Å². The van der Waals surface area contributed by atoms with Gasteiger partial charge in [0.05, 0.1) is 25.8 Å². The third-order valence-electron chi connectivity index (χ3n) is 6.19. The van der Waals surface area contributed by atoms with Crippen LogP contribution in [0.15, 0.2) is 42.5 Å². The lowest BCUT2D eigenvalue weighted by molar-refractivity contribution is -0.137. The summed E-state index contributed by atoms with van der Waals surface area (Å²) in [5.41, 5.74) is 1.06. The molecule has 9 heteroatoms. The van der Waals surface area contributed by atoms with Crippen LogP contribution in [0.3, 0.4) is 0 Å². The Morgan fingerprint density at radius 3 is 2.42 bits per heavy atom. The number of anilines is 2. The number of carboxylic acid groups (broad SMARTS) is 1. The number of rotatable bonds is 7. The quantitative estimate of drug-likeness (QED) is 0.648. The molecule has 0 saturated carbocycles. The molecule has 2 heterocycles. The van der Waals surface area contributed by atoms with Crippen LogP contribution in [0.25, 0.3) is 0 Å². The van der Waals surface area contributed by atoms with Gasteiger partial charge in [0.25, 0.3) is 5.92 Å². The van der Waals surface area contributed by atoms with Crippen LogP contribution in [0.4, 0.5) is 24.5 Å². The van der Waals surface area contributed by atoms with Gasteiger partial charge in [0, 0.05) is 50.1 Å². The van der Waals surface area contributed by atoms with Gasteiger partial charge >= 0.3 is 5.97 Å². The summed E-state index contributed by atoms with van der Waals surface area (Å²) in [4.78, 5) is 14.5. The van der Waals surface area contributed by atoms with Gasteiger partial charge in [-0.15, -0.1) is 0 Å². The fourth-order valence-electron chi connectivity index (χ4n) is 4.57. The van der Waals surface area contributed by atoms with E-state index in [-0.39, 0.29) is 18.3 Å². The molecule has 1 atom stereocenters. The number of benzene rings is 2. The molecule has 0 bridgehead atoms. The van der Waals surface area contributed by atoms with Crippen molar-refractivity contribution < 1.29 is 32.5 Å². The molecule has 0 unspecified atom stereocenters. The zero-order valence-electron chi connectivity index (χ0n) is 18.3. The molecular formula is C24H27F3N2O4. The molecule has 2 fully saturated rings. The molecule has 33 heavy (non-hydrogen) atoms. The van der Waals surface area contributed by atoms with Crippen molar-refractivity contribution in [1.29, 1.82) is 0 Å². The lowest BCUT2D eigenvalue weighted by Crippen LogP contribution is -2.38. The summed E-state index contributed by atoms with van der Waals surface area (Å²) in [5.74, 6) is -3.08. The molecule has 2 aliphatic rings. The van der Waals surface area contributed by atoms with Crippen molar-refractivity contribution >= 4 is 17.3 Å². The standard InChI is InChI=1S/C24H27F3N2O4/c1-32-20-6-7-21(25)22(13-20)28-10-8-19(9-11-28)33-18-4-2-16(3-5-18)29-15-24(26,27)14-17(29)12-23(30)31/h2-7,13,17,19H,8-12,14-15H2,1H3,(H,30,31)/t17-/m0/s1. The van der Waals surface area contributed by atoms with Crippen molar-refractivity contribution in [3.8, 4) is 11.5 Å². The molecule has 2 saturated heterocycles. The fraction of sp³-hybridized carbons (Fsp3) is 0.458. The van der Waals surface area contributed by atoms with Gasteiger partial charge < -0.3 is 24.4 Å². The minimum absolute atomic E-state index is 0.0448. The highest BCUT2D eigenvalue weighted by molar-refractivity contribution is 5.69. The van der Waals surface area contributed by atoms with Gasteiger partial charge in [-0.3, -0.25) is 4.79 Å². The lowest BCUT2D eigenvalue weighted by Gasteiger charge is -2.34. The highest BCUT2D eigenvalue weighted by Gasteiger charge is 2.45. The number of hydrogen-bond donors (Lipinski definition) is 1. The van der Waals surface area contributed by atoms with Crippen molar-refractivity contribution in [1.82, 2.24) is 0 Å². The molecule has 1 N–H and O–H groups in total. The van der Waals surface area contributed by atoms with Gasteiger partial charge in [-0.05, 0) is 36.4 Å². The first kappa shape index (κ1) is 23.1. The Morgan fingerprint density at radius 1 is 1.12 bits per heavy atom. The Balaban J connectivity index is 1.35. The first-order chi connectivity index (χ1) is 15.7. The van der Waals surface area contributed by atoms with Gasteiger partial charge in [-0.1, -0.05) is 0 Å². The predicted octanol–water partition coefficient (Wildman–Crippen LogP) is 4.57. The van der Waals surface area contributed by atoms with Crippen LogP contribution >= 0.6 is 0 Å². The number of piperidine rings is 1. The van der Waals surface area contributed by atoms with E-state index in [2.05, 4.69) is 0 Å². The maximum Gasteiger partial charge on any atom is 0.305 e. The van der Waals surface area contributed by atoms with Crippen LogP contribution in [-0.2, 0) is 4.79 Å². The van der Waals surface area contributed by atoms with E-state index in [1.165, 1.54) is 11.0 Å². The number of halogens is 3. The topological polar surface area (TPSA) is 62.2 Å². The average molecular weight is 464 g/mol. The van der Waals surface area contributed by atoms with Gasteiger partial charge in [-0.25, -0.2) is 13.2 Å². The first-order valence-corrected chi connectivity index (χ1v) is 11.0. The third-order valence-corrected chi connectivity index (χ3v) is 6.19. The number of carboxylic acids is 1. The Kier molecular flexibility index (Phi) is 6.58. The minimum Gasteiger partial charge on any atom is -0.497 e. The molecular weight excluding hydrogens is 437 g/mol. The highest BCUT2D eigenvalue weighted by Crippen LogP contribution is 2.37. The predicted molar refractivity (Wildman–Crippen MR) is 118 cm³/mol. The van der Waals surface area contributed by atoms with Crippen LogP contribution in [0.2, 0.25) is 0 Å². The summed E-state index contributed by atoms with van der Waals surface area (Å²) in [7, 11) is 1.55. The van der Waals surface area contributed by atoms with Crippen molar-refractivity contribution in [2.45, 2.75) is 43.8 Å². The molecule has 4 rings (SSSR count). The molecule has 2 aromatic carbocycles. The zero-order valence-corrected chi connectivity index (χ0v) is 18.3. The smallest absolute Gasteiger partial charge is 0.305 e. The number of aliphatic carboxylic acids is 1. The molecule has 2 aromatic rings. The number of ether oxygens (including phenoxy) is 2. The Morgan fingerprint density at radius 2 is 1.79 bits per heavy atom. The number of hydrogen-bond acceptors (Lipinski definition) is 5. The van der Waals surface area contributed by atoms with Crippen LogP contribution in [0.1, 0.15) is 25.7 Å². The average Bonchev–Trinajstić information content (AvgIpc) is 3.08. The van der Waals surface area contributed by atoms with E-state index in [1.54, 1.807) is 43.5 Å². The SMILES string of the molecule is COc1ccc(F)c(N2CCC(Oc3ccc(N4CC(F)(F)C[C@@H]4CC(=O)O)cc3)CC2)c1. The first-order valence-electron chi connectivity index (χ1n) is 11.0. The summed E-state index contributed by atoms with van der Waals surface area (Å²) in [6.45, 7) is 0.767. The van der Waals surface area contributed by atoms with E-state index >= 15 is 0 Å². The minimum atomic E-state index is -2.91. The van der Waals surface area contributed by atoms with Crippen LogP contribution in [-0.4, -0.2) is 55.9 Å². The summed E-state index contributed by atoms with van der Waals surface area (Å²) in [5, 5.41) is 9.05. The Bertz CT molecular complexity index is 978. The number of alkyl halides is 2. The Labute approximate surface area is 190 Å². The number of methoxy groups -OCH3 is 1. The molecule has 178 valence electrons. The molecule has 0 radical (unpaired) electrons. The molecule has 2 aliphatic heterocycles. The van der Waals surface area contributed by atoms with Crippen molar-refractivity contribution in [3.63, 3.8) is 0 Å². The number of carbonyl (C=O) groups is 1. The van der Waals surface area contributed by atoms with Crippen LogP contribution < -0.4 is 19.3 Å². The largest absolute Gasteiger partial charge is 0.497 e. The normalized spacial score (nSPS) is 20.7. The number of nitrogens with zero attached hydrogens (tertiary/aromatic N) is 2. The Hall–Kier alpha value is -3.10. The summed E-state index contributed by atoms with van der Waals surface area (Å²) in [6.07, 6.45) is 0.566. The van der Waals surface area contributed by atoms with Crippen LogP contribution in [0.5, 0.6) is 11.5 Å². The van der Waals surface area contributed by atoms with E-state index in [4.69, 9.17) is 14.6 Å². The lowest BCUT2D eigenvalue weighted by atomic mass is 10.1. The van der Waals surface area contributed by atoms with E-state index < -0.39 is 30.9 Å². The molecule has 0 aromatic heterocycles. The second-order valence-electron chi connectivity index (χ2n) is 8.56. The highest BCUT2D eigenvalue weighted by atomic mass is 19.3. The third kappa shape index (κ3) is 5.46. The summed E-state index contributed by atoms with van der Waals surface area (Å²) in [6, 6.07) is 10.7. The molecule has 6 nitrogen and oxygen atoms in total. The van der Waals surface area contributed by atoms with Gasteiger partial charge in [-0.2, -0.15) is 0 Å². The maximum absolute atomic E-state index is 14.2. The molecule has 0 aliphatic carbocycles. The van der Waals surface area contributed by atoms with E-state index in [0.717, 1.165) is 0 Å². The maximum atomic E-state index is 14.2. The van der Waals surface area contributed by atoms with E-state index in [9.17, 15) is 18.0 Å². The van der Waals surface area contributed by atoms with Gasteiger partial charge in [0.1, 0.15) is 23.4 Å². The molecule has 0 amide bonds. The van der Waals surface area contributed by atoms with Crippen LogP contribution in [0, 0.1) is 5.82 Å². The fourth-order valence-corrected chi connectivity index (χ4v) is 4.57. The second kappa shape index (κ2) is 9.41. The summed E-state index contributed by atoms with van der Waals surface area (Å²) < 4.78 is 53.3.